The van der Waals surface area contributed by atoms with Gasteiger partial charge in [0.25, 0.3) is 0 Å². The Bertz CT molecular complexity index is 143. The first-order valence-corrected chi connectivity index (χ1v) is 6.13. The molecule has 1 nitrogen and oxygen atoms in total. The lowest BCUT2D eigenvalue weighted by Gasteiger charge is -2.19. The summed E-state index contributed by atoms with van der Waals surface area (Å²) >= 11 is 1.99. The van der Waals surface area contributed by atoms with Crippen molar-refractivity contribution in [3.8, 4) is 0 Å². The molecule has 1 unspecified atom stereocenters. The summed E-state index contributed by atoms with van der Waals surface area (Å²) in [5.41, 5.74) is 1.25. The molecule has 0 amide bonds. The van der Waals surface area contributed by atoms with Gasteiger partial charge in [-0.1, -0.05) is 32.9 Å². The first-order chi connectivity index (χ1) is 6.07. The average Bonchev–Trinajstić information content (AvgIpc) is 2.03. The molecule has 0 bridgehead atoms. The summed E-state index contributed by atoms with van der Waals surface area (Å²) in [6.45, 7) is 13.9. The molecule has 0 saturated carbocycles. The van der Waals surface area contributed by atoms with Crippen LogP contribution in [0.5, 0.6) is 0 Å². The number of nitrogens with one attached hydrogen (secondary N) is 1. The zero-order valence-electron chi connectivity index (χ0n) is 9.39. The second-order valence-electron chi connectivity index (χ2n) is 3.74. The first-order valence-electron chi connectivity index (χ1n) is 5.08. The topological polar surface area (TPSA) is 12.0 Å². The van der Waals surface area contributed by atoms with Gasteiger partial charge in [0.1, 0.15) is 0 Å². The van der Waals surface area contributed by atoms with Crippen molar-refractivity contribution in [2.45, 2.75) is 45.4 Å². The Morgan fingerprint density at radius 2 is 2.08 bits per heavy atom. The van der Waals surface area contributed by atoms with Crippen LogP contribution in [0.1, 0.15) is 34.1 Å². The molecular formula is C11H23NS. The van der Waals surface area contributed by atoms with Crippen molar-refractivity contribution in [3.63, 3.8) is 0 Å². The summed E-state index contributed by atoms with van der Waals surface area (Å²) in [6, 6.07) is 0.493. The van der Waals surface area contributed by atoms with Crippen LogP contribution in [0.15, 0.2) is 12.2 Å². The molecule has 0 heterocycles. The van der Waals surface area contributed by atoms with Crippen molar-refractivity contribution in [1.29, 1.82) is 0 Å². The predicted octanol–water partition coefficient (Wildman–Crippen LogP) is 3.07. The van der Waals surface area contributed by atoms with Gasteiger partial charge in [-0.05, 0) is 25.1 Å². The van der Waals surface area contributed by atoms with Crippen molar-refractivity contribution >= 4 is 11.8 Å². The van der Waals surface area contributed by atoms with Crippen molar-refractivity contribution < 1.29 is 0 Å². The van der Waals surface area contributed by atoms with Crippen LogP contribution >= 0.6 is 11.8 Å². The lowest BCUT2D eigenvalue weighted by Crippen LogP contribution is -2.33. The summed E-state index contributed by atoms with van der Waals surface area (Å²) in [5, 5.41) is 4.22. The van der Waals surface area contributed by atoms with E-state index >= 15 is 0 Å². The van der Waals surface area contributed by atoms with Gasteiger partial charge in [0, 0.05) is 11.8 Å². The molecule has 13 heavy (non-hydrogen) atoms. The fourth-order valence-corrected chi connectivity index (χ4v) is 1.96. The van der Waals surface area contributed by atoms with E-state index in [0.29, 0.717) is 11.3 Å². The zero-order valence-corrected chi connectivity index (χ0v) is 10.2. The Morgan fingerprint density at radius 1 is 1.46 bits per heavy atom. The van der Waals surface area contributed by atoms with Crippen molar-refractivity contribution in [3.05, 3.63) is 12.2 Å². The second-order valence-corrected chi connectivity index (χ2v) is 5.34. The van der Waals surface area contributed by atoms with E-state index in [2.05, 4.69) is 39.6 Å². The molecule has 0 saturated heterocycles. The van der Waals surface area contributed by atoms with Crippen LogP contribution in [0.25, 0.3) is 0 Å². The molecule has 0 radical (unpaired) electrons. The first kappa shape index (κ1) is 13.1. The molecule has 0 aliphatic rings. The highest BCUT2D eigenvalue weighted by atomic mass is 32.2. The second kappa shape index (κ2) is 7.45. The maximum atomic E-state index is 4.01. The maximum absolute atomic E-state index is 4.01. The summed E-state index contributed by atoms with van der Waals surface area (Å²) in [4.78, 5) is 0. The normalized spacial score (nSPS) is 13.3. The van der Waals surface area contributed by atoms with Gasteiger partial charge in [0.2, 0.25) is 0 Å². The highest BCUT2D eigenvalue weighted by Crippen LogP contribution is 2.13. The fourth-order valence-electron chi connectivity index (χ4n) is 0.983. The van der Waals surface area contributed by atoms with Gasteiger partial charge in [-0.3, -0.25) is 0 Å². The summed E-state index contributed by atoms with van der Waals surface area (Å²) in [5.74, 6) is 1.15. The van der Waals surface area contributed by atoms with Crippen LogP contribution in [0.4, 0.5) is 0 Å². The van der Waals surface area contributed by atoms with E-state index in [9.17, 15) is 0 Å². The lowest BCUT2D eigenvalue weighted by molar-refractivity contribution is 0.609. The maximum Gasteiger partial charge on any atom is 0.0365 e. The fraction of sp³-hybridized carbons (Fsp3) is 0.818. The van der Waals surface area contributed by atoms with E-state index in [1.807, 2.05) is 11.8 Å². The van der Waals surface area contributed by atoms with Gasteiger partial charge in [0.15, 0.2) is 0 Å². The minimum absolute atomic E-state index is 0.493. The van der Waals surface area contributed by atoms with Gasteiger partial charge >= 0.3 is 0 Å². The molecule has 0 aromatic carbocycles. The standard InChI is InChI=1S/C11H23NS/c1-6-7-12-11(9(2)3)8-13-10(4)5/h10-12H,2,6-8H2,1,3-5H3. The molecule has 1 atom stereocenters. The Hall–Kier alpha value is 0.0500. The number of hydrogen-bond acceptors (Lipinski definition) is 2. The Labute approximate surface area is 87.4 Å². The van der Waals surface area contributed by atoms with E-state index in [1.165, 1.54) is 12.0 Å². The van der Waals surface area contributed by atoms with Crippen LogP contribution in [0.2, 0.25) is 0 Å². The van der Waals surface area contributed by atoms with Gasteiger partial charge < -0.3 is 5.32 Å². The Balaban J connectivity index is 3.74. The molecule has 0 aliphatic heterocycles. The third kappa shape index (κ3) is 7.15. The highest BCUT2D eigenvalue weighted by Gasteiger charge is 2.08. The lowest BCUT2D eigenvalue weighted by atomic mass is 10.2. The predicted molar refractivity (Wildman–Crippen MR) is 64.5 cm³/mol. The molecule has 0 fully saturated rings. The monoisotopic (exact) mass is 201 g/mol. The third-order valence-corrected chi connectivity index (χ3v) is 3.02. The SMILES string of the molecule is C=C(C)C(CSC(C)C)NCCC. The summed E-state index contributed by atoms with van der Waals surface area (Å²) in [6.07, 6.45) is 1.19. The van der Waals surface area contributed by atoms with Crippen LogP contribution < -0.4 is 5.32 Å². The molecule has 0 aromatic rings. The van der Waals surface area contributed by atoms with Crippen molar-refractivity contribution in [2.24, 2.45) is 0 Å². The smallest absolute Gasteiger partial charge is 0.0365 e. The van der Waals surface area contributed by atoms with Gasteiger partial charge in [-0.2, -0.15) is 11.8 Å². The highest BCUT2D eigenvalue weighted by molar-refractivity contribution is 7.99. The zero-order chi connectivity index (χ0) is 10.3. The van der Waals surface area contributed by atoms with E-state index < -0.39 is 0 Å². The van der Waals surface area contributed by atoms with Crippen molar-refractivity contribution in [1.82, 2.24) is 5.32 Å². The van der Waals surface area contributed by atoms with E-state index in [-0.39, 0.29) is 0 Å². The molecule has 2 heteroatoms. The third-order valence-electron chi connectivity index (χ3n) is 1.83. The average molecular weight is 201 g/mol. The minimum atomic E-state index is 0.493. The van der Waals surface area contributed by atoms with E-state index in [0.717, 1.165) is 12.3 Å². The number of hydrogen-bond donors (Lipinski definition) is 1. The van der Waals surface area contributed by atoms with Crippen molar-refractivity contribution in [2.75, 3.05) is 12.3 Å². The van der Waals surface area contributed by atoms with Crippen LogP contribution in [-0.4, -0.2) is 23.6 Å². The molecule has 1 N–H and O–H groups in total. The molecule has 78 valence electrons. The van der Waals surface area contributed by atoms with Crippen LogP contribution in [0.3, 0.4) is 0 Å². The van der Waals surface area contributed by atoms with Gasteiger partial charge in [-0.15, -0.1) is 0 Å². The summed E-state index contributed by atoms with van der Waals surface area (Å²) < 4.78 is 0. The van der Waals surface area contributed by atoms with Gasteiger partial charge in [0.05, 0.1) is 0 Å². The minimum Gasteiger partial charge on any atom is -0.310 e. The molecule has 0 spiro atoms. The number of thioether (sulfide) groups is 1. The quantitative estimate of drug-likeness (QED) is 0.635. The van der Waals surface area contributed by atoms with E-state index in [4.69, 9.17) is 0 Å². The number of rotatable bonds is 7. The molecule has 0 aromatic heterocycles. The molecule has 0 rings (SSSR count). The Morgan fingerprint density at radius 3 is 2.46 bits per heavy atom. The molecule has 0 aliphatic carbocycles. The van der Waals surface area contributed by atoms with Gasteiger partial charge in [-0.25, -0.2) is 0 Å². The van der Waals surface area contributed by atoms with Crippen LogP contribution in [-0.2, 0) is 0 Å². The largest absolute Gasteiger partial charge is 0.310 e. The molecular weight excluding hydrogens is 178 g/mol. The Kier molecular flexibility index (Phi) is 7.48. The summed E-state index contributed by atoms with van der Waals surface area (Å²) in [7, 11) is 0. The van der Waals surface area contributed by atoms with Crippen LogP contribution in [0, 0.1) is 0 Å². The van der Waals surface area contributed by atoms with E-state index in [1.54, 1.807) is 0 Å².